The van der Waals surface area contributed by atoms with Gasteiger partial charge in [-0.3, -0.25) is 4.79 Å². The van der Waals surface area contributed by atoms with Gasteiger partial charge >= 0.3 is 0 Å². The minimum absolute atomic E-state index is 0.192. The molecule has 1 aliphatic rings. The lowest BCUT2D eigenvalue weighted by Gasteiger charge is -2.27. The van der Waals surface area contributed by atoms with Gasteiger partial charge in [0, 0.05) is 18.8 Å². The molecule has 1 aliphatic heterocycles. The topological polar surface area (TPSA) is 55.6 Å². The van der Waals surface area contributed by atoms with Crippen molar-refractivity contribution in [3.05, 3.63) is 24.3 Å². The minimum Gasteiger partial charge on any atom is -0.493 e. The highest BCUT2D eigenvalue weighted by atomic mass is 16.5. The second-order valence-electron chi connectivity index (χ2n) is 6.86. The summed E-state index contributed by atoms with van der Waals surface area (Å²) in [7, 11) is 0. The summed E-state index contributed by atoms with van der Waals surface area (Å²) < 4.78 is 5.58. The van der Waals surface area contributed by atoms with E-state index in [0.717, 1.165) is 25.3 Å². The van der Waals surface area contributed by atoms with E-state index >= 15 is 0 Å². The van der Waals surface area contributed by atoms with Crippen LogP contribution in [0.4, 0.5) is 5.69 Å². The first-order chi connectivity index (χ1) is 9.86. The number of benzene rings is 1. The average Bonchev–Trinajstić information content (AvgIpc) is 2.90. The fourth-order valence-corrected chi connectivity index (χ4v) is 2.67. The molecule has 0 saturated carbocycles. The number of nitrogens with zero attached hydrogens (tertiary/aromatic N) is 1. The van der Waals surface area contributed by atoms with Crippen LogP contribution in [0.15, 0.2) is 24.3 Å². The fraction of sp³-hybridized carbons (Fsp3) is 0.588. The number of carbonyl (C=O) groups excluding carboxylic acids is 1. The van der Waals surface area contributed by atoms with E-state index in [1.54, 1.807) is 12.1 Å². The van der Waals surface area contributed by atoms with Gasteiger partial charge in [-0.25, -0.2) is 0 Å². The molecule has 2 rings (SSSR count). The number of ether oxygens (including phenoxy) is 1. The zero-order valence-electron chi connectivity index (χ0n) is 13.3. The zero-order chi connectivity index (χ0) is 15.5. The predicted molar refractivity (Wildman–Crippen MR) is 85.1 cm³/mol. The zero-order valence-corrected chi connectivity index (χ0v) is 13.3. The van der Waals surface area contributed by atoms with Gasteiger partial charge in [0.25, 0.3) is 0 Å². The quantitative estimate of drug-likeness (QED) is 0.867. The highest BCUT2D eigenvalue weighted by molar-refractivity contribution is 5.76. The number of anilines is 1. The van der Waals surface area contributed by atoms with Gasteiger partial charge in [0.2, 0.25) is 5.91 Å². The summed E-state index contributed by atoms with van der Waals surface area (Å²) in [6, 6.07) is 7.24. The molecule has 0 aromatic heterocycles. The smallest absolute Gasteiger partial charge is 0.226 e. The molecule has 2 N–H and O–H groups in total. The number of carbonyl (C=O) groups is 1. The molecule has 1 saturated heterocycles. The molecule has 1 aromatic carbocycles. The Labute approximate surface area is 127 Å². The van der Waals surface area contributed by atoms with Crippen LogP contribution in [-0.2, 0) is 4.79 Å². The SMILES string of the molecule is CC(C)(C)C1CCN(C(=O)CCOc2ccc(N)cc2)C1. The van der Waals surface area contributed by atoms with E-state index in [2.05, 4.69) is 20.8 Å². The normalized spacial score (nSPS) is 18.8. The van der Waals surface area contributed by atoms with E-state index in [9.17, 15) is 4.79 Å². The summed E-state index contributed by atoms with van der Waals surface area (Å²) in [5.74, 6) is 1.54. The van der Waals surface area contributed by atoms with Gasteiger partial charge in [-0.05, 0) is 42.0 Å². The van der Waals surface area contributed by atoms with Gasteiger partial charge in [0.05, 0.1) is 13.0 Å². The van der Waals surface area contributed by atoms with Crippen LogP contribution >= 0.6 is 0 Å². The van der Waals surface area contributed by atoms with Crippen molar-refractivity contribution in [2.45, 2.75) is 33.6 Å². The average molecular weight is 290 g/mol. The summed E-state index contributed by atoms with van der Waals surface area (Å²) in [5.41, 5.74) is 6.60. The van der Waals surface area contributed by atoms with Crippen molar-refractivity contribution < 1.29 is 9.53 Å². The van der Waals surface area contributed by atoms with Crippen molar-refractivity contribution in [1.82, 2.24) is 4.90 Å². The van der Waals surface area contributed by atoms with E-state index in [1.807, 2.05) is 17.0 Å². The summed E-state index contributed by atoms with van der Waals surface area (Å²) in [6.45, 7) is 8.91. The number of likely N-dealkylation sites (tertiary alicyclic amines) is 1. The monoisotopic (exact) mass is 290 g/mol. The first-order valence-corrected chi connectivity index (χ1v) is 7.62. The van der Waals surface area contributed by atoms with Crippen LogP contribution in [0.25, 0.3) is 0 Å². The maximum Gasteiger partial charge on any atom is 0.226 e. The van der Waals surface area contributed by atoms with Gasteiger partial charge in [-0.15, -0.1) is 0 Å². The van der Waals surface area contributed by atoms with Crippen molar-refractivity contribution in [3.8, 4) is 5.75 Å². The Morgan fingerprint density at radius 1 is 1.33 bits per heavy atom. The molecule has 1 heterocycles. The van der Waals surface area contributed by atoms with Crippen molar-refractivity contribution in [1.29, 1.82) is 0 Å². The van der Waals surface area contributed by atoms with E-state index in [-0.39, 0.29) is 11.3 Å². The Bertz CT molecular complexity index is 477. The molecule has 4 nitrogen and oxygen atoms in total. The molecule has 21 heavy (non-hydrogen) atoms. The number of hydrogen-bond acceptors (Lipinski definition) is 3. The molecule has 1 unspecified atom stereocenters. The van der Waals surface area contributed by atoms with Gasteiger partial charge in [-0.1, -0.05) is 20.8 Å². The number of nitrogens with two attached hydrogens (primary N) is 1. The molecule has 1 atom stereocenters. The Morgan fingerprint density at radius 2 is 2.00 bits per heavy atom. The number of hydrogen-bond donors (Lipinski definition) is 1. The highest BCUT2D eigenvalue weighted by Gasteiger charge is 2.33. The van der Waals surface area contributed by atoms with Crippen molar-refractivity contribution >= 4 is 11.6 Å². The van der Waals surface area contributed by atoms with Crippen LogP contribution in [0.3, 0.4) is 0 Å². The number of nitrogen functional groups attached to an aromatic ring is 1. The molecular weight excluding hydrogens is 264 g/mol. The lowest BCUT2D eigenvalue weighted by molar-refractivity contribution is -0.130. The Morgan fingerprint density at radius 3 is 2.57 bits per heavy atom. The first kappa shape index (κ1) is 15.7. The van der Waals surface area contributed by atoms with Gasteiger partial charge in [0.15, 0.2) is 0 Å². The number of rotatable bonds is 4. The third-order valence-corrected chi connectivity index (χ3v) is 4.23. The molecule has 0 spiro atoms. The molecule has 1 aromatic rings. The molecule has 1 amide bonds. The first-order valence-electron chi connectivity index (χ1n) is 7.62. The summed E-state index contributed by atoms with van der Waals surface area (Å²) in [4.78, 5) is 14.2. The molecule has 4 heteroatoms. The maximum atomic E-state index is 12.2. The number of amides is 1. The van der Waals surface area contributed by atoms with E-state index in [1.165, 1.54) is 0 Å². The molecule has 1 fully saturated rings. The van der Waals surface area contributed by atoms with Crippen molar-refractivity contribution in [2.24, 2.45) is 11.3 Å². The maximum absolute atomic E-state index is 12.2. The van der Waals surface area contributed by atoms with Gasteiger partial charge < -0.3 is 15.4 Å². The van der Waals surface area contributed by atoms with E-state index in [4.69, 9.17) is 10.5 Å². The van der Waals surface area contributed by atoms with Crippen molar-refractivity contribution in [2.75, 3.05) is 25.4 Å². The lowest BCUT2D eigenvalue weighted by atomic mass is 9.80. The predicted octanol–water partition coefficient (Wildman–Crippen LogP) is 2.93. The third-order valence-electron chi connectivity index (χ3n) is 4.23. The highest BCUT2D eigenvalue weighted by Crippen LogP contribution is 2.33. The van der Waals surface area contributed by atoms with Gasteiger partial charge in [-0.2, -0.15) is 0 Å². The standard InChI is InChI=1S/C17H26N2O2/c1-17(2,3)13-8-10-19(12-13)16(20)9-11-21-15-6-4-14(18)5-7-15/h4-7,13H,8-12,18H2,1-3H3. The van der Waals surface area contributed by atoms with Crippen LogP contribution in [0.2, 0.25) is 0 Å². The molecule has 0 radical (unpaired) electrons. The largest absolute Gasteiger partial charge is 0.493 e. The lowest BCUT2D eigenvalue weighted by Crippen LogP contribution is -2.31. The molecule has 116 valence electrons. The van der Waals surface area contributed by atoms with Crippen LogP contribution in [0, 0.1) is 11.3 Å². The summed E-state index contributed by atoms with van der Waals surface area (Å²) in [6.07, 6.45) is 1.54. The molecular formula is C17H26N2O2. The Hall–Kier alpha value is -1.71. The Balaban J connectivity index is 1.74. The third kappa shape index (κ3) is 4.38. The van der Waals surface area contributed by atoms with E-state index < -0.39 is 0 Å². The minimum atomic E-state index is 0.192. The van der Waals surface area contributed by atoms with Crippen LogP contribution in [0.5, 0.6) is 5.75 Å². The fourth-order valence-electron chi connectivity index (χ4n) is 2.67. The summed E-state index contributed by atoms with van der Waals surface area (Å²) in [5, 5.41) is 0. The van der Waals surface area contributed by atoms with Gasteiger partial charge in [0.1, 0.15) is 5.75 Å². The summed E-state index contributed by atoms with van der Waals surface area (Å²) >= 11 is 0. The van der Waals surface area contributed by atoms with Crippen molar-refractivity contribution in [3.63, 3.8) is 0 Å². The molecule has 0 bridgehead atoms. The van der Waals surface area contributed by atoms with Crippen LogP contribution in [0.1, 0.15) is 33.6 Å². The van der Waals surface area contributed by atoms with Crippen LogP contribution in [-0.4, -0.2) is 30.5 Å². The molecule has 0 aliphatic carbocycles. The van der Waals surface area contributed by atoms with E-state index in [0.29, 0.717) is 24.6 Å². The second kappa shape index (κ2) is 6.37. The van der Waals surface area contributed by atoms with Crippen LogP contribution < -0.4 is 10.5 Å². The Kier molecular flexibility index (Phi) is 4.76. The second-order valence-corrected chi connectivity index (χ2v) is 6.86.